The molecule has 0 spiro atoms. The maximum atomic E-state index is 11.8. The van der Waals surface area contributed by atoms with Crippen molar-refractivity contribution in [3.05, 3.63) is 0 Å². The molecule has 1 saturated carbocycles. The van der Waals surface area contributed by atoms with Gasteiger partial charge in [-0.15, -0.1) is 0 Å². The summed E-state index contributed by atoms with van der Waals surface area (Å²) in [5.41, 5.74) is 0. The number of morpholine rings is 1. The molecule has 17 heavy (non-hydrogen) atoms. The number of hydrogen-bond acceptors (Lipinski definition) is 4. The van der Waals surface area contributed by atoms with Crippen LogP contribution in [0.1, 0.15) is 25.7 Å². The van der Waals surface area contributed by atoms with Crippen LogP contribution in [0.15, 0.2) is 0 Å². The highest BCUT2D eigenvalue weighted by atomic mass is 16.5. The number of nitrogens with one attached hydrogen (secondary N) is 1. The first-order valence-corrected chi connectivity index (χ1v) is 6.53. The number of aliphatic hydroxyl groups is 1. The molecule has 1 amide bonds. The van der Waals surface area contributed by atoms with Crippen LogP contribution in [0.25, 0.3) is 0 Å². The molecule has 1 aliphatic heterocycles. The lowest BCUT2D eigenvalue weighted by molar-refractivity contribution is -0.125. The van der Waals surface area contributed by atoms with E-state index in [9.17, 15) is 9.90 Å². The summed E-state index contributed by atoms with van der Waals surface area (Å²) >= 11 is 0. The third-order valence-electron chi connectivity index (χ3n) is 3.55. The van der Waals surface area contributed by atoms with E-state index in [1.807, 2.05) is 0 Å². The normalized spacial score (nSPS) is 31.1. The van der Waals surface area contributed by atoms with Crippen molar-refractivity contribution in [3.63, 3.8) is 0 Å². The maximum absolute atomic E-state index is 11.8. The summed E-state index contributed by atoms with van der Waals surface area (Å²) in [6.07, 6.45) is 3.51. The number of nitrogens with zero attached hydrogens (tertiary/aromatic N) is 1. The molecule has 1 aliphatic carbocycles. The molecule has 5 nitrogen and oxygen atoms in total. The van der Waals surface area contributed by atoms with Crippen molar-refractivity contribution in [2.45, 2.75) is 37.8 Å². The fourth-order valence-electron chi connectivity index (χ4n) is 2.49. The molecule has 0 bridgehead atoms. The first kappa shape index (κ1) is 12.8. The van der Waals surface area contributed by atoms with Crippen LogP contribution in [0, 0.1) is 0 Å². The molecule has 2 atom stereocenters. The van der Waals surface area contributed by atoms with Crippen molar-refractivity contribution in [2.75, 3.05) is 32.8 Å². The SMILES string of the molecule is O=C(CN1CCOCC1)NC1CCCCC1O. The second-order valence-electron chi connectivity index (χ2n) is 4.91. The monoisotopic (exact) mass is 242 g/mol. The van der Waals surface area contributed by atoms with Crippen LogP contribution in [-0.2, 0) is 9.53 Å². The quantitative estimate of drug-likeness (QED) is 0.716. The van der Waals surface area contributed by atoms with Gasteiger partial charge < -0.3 is 15.2 Å². The fraction of sp³-hybridized carbons (Fsp3) is 0.917. The van der Waals surface area contributed by atoms with Crippen LogP contribution in [0.3, 0.4) is 0 Å². The largest absolute Gasteiger partial charge is 0.391 e. The molecule has 2 fully saturated rings. The van der Waals surface area contributed by atoms with Gasteiger partial charge in [0, 0.05) is 13.1 Å². The number of ether oxygens (including phenoxy) is 1. The van der Waals surface area contributed by atoms with Gasteiger partial charge in [-0.05, 0) is 12.8 Å². The molecule has 2 unspecified atom stereocenters. The first-order chi connectivity index (χ1) is 8.25. The van der Waals surface area contributed by atoms with Gasteiger partial charge in [0.25, 0.3) is 0 Å². The number of carbonyl (C=O) groups is 1. The van der Waals surface area contributed by atoms with Crippen molar-refractivity contribution in [2.24, 2.45) is 0 Å². The fourth-order valence-corrected chi connectivity index (χ4v) is 2.49. The number of carbonyl (C=O) groups excluding carboxylic acids is 1. The Labute approximate surface area is 102 Å². The summed E-state index contributed by atoms with van der Waals surface area (Å²) in [6.45, 7) is 3.48. The Morgan fingerprint density at radius 2 is 2.00 bits per heavy atom. The van der Waals surface area contributed by atoms with Gasteiger partial charge in [0.1, 0.15) is 0 Å². The van der Waals surface area contributed by atoms with Crippen LogP contribution in [-0.4, -0.2) is 60.9 Å². The molecular formula is C12H22N2O3. The Morgan fingerprint density at radius 3 is 2.71 bits per heavy atom. The lowest BCUT2D eigenvalue weighted by Crippen LogP contribution is -2.50. The minimum atomic E-state index is -0.364. The maximum Gasteiger partial charge on any atom is 0.234 e. The van der Waals surface area contributed by atoms with Crippen molar-refractivity contribution >= 4 is 5.91 Å². The minimum absolute atomic E-state index is 0.0258. The standard InChI is InChI=1S/C12H22N2O3/c15-11-4-2-1-3-10(11)13-12(16)9-14-5-7-17-8-6-14/h10-11,15H,1-9H2,(H,13,16). The third kappa shape index (κ3) is 3.94. The van der Waals surface area contributed by atoms with Crippen molar-refractivity contribution in [3.8, 4) is 0 Å². The van der Waals surface area contributed by atoms with Crippen LogP contribution in [0.4, 0.5) is 0 Å². The Kier molecular flexibility index (Phi) is 4.76. The molecule has 1 heterocycles. The second-order valence-corrected chi connectivity index (χ2v) is 4.91. The zero-order valence-electron chi connectivity index (χ0n) is 10.2. The van der Waals surface area contributed by atoms with E-state index in [1.165, 1.54) is 0 Å². The summed E-state index contributed by atoms with van der Waals surface area (Å²) in [5.74, 6) is 0.0258. The Bertz CT molecular complexity index is 254. The molecule has 1 saturated heterocycles. The van der Waals surface area contributed by atoms with Crippen LogP contribution < -0.4 is 5.32 Å². The van der Waals surface area contributed by atoms with Crippen molar-refractivity contribution in [1.29, 1.82) is 0 Å². The van der Waals surface area contributed by atoms with E-state index in [4.69, 9.17) is 4.74 Å². The van der Waals surface area contributed by atoms with E-state index in [-0.39, 0.29) is 18.1 Å². The smallest absolute Gasteiger partial charge is 0.234 e. The van der Waals surface area contributed by atoms with E-state index in [0.29, 0.717) is 19.8 Å². The molecular weight excluding hydrogens is 220 g/mol. The number of amides is 1. The number of rotatable bonds is 3. The summed E-state index contributed by atoms with van der Waals surface area (Å²) in [7, 11) is 0. The molecule has 2 rings (SSSR count). The van der Waals surface area contributed by atoms with Gasteiger partial charge in [0.05, 0.1) is 31.9 Å². The summed E-state index contributed by atoms with van der Waals surface area (Å²) in [4.78, 5) is 13.9. The van der Waals surface area contributed by atoms with Gasteiger partial charge in [0.15, 0.2) is 0 Å². The van der Waals surface area contributed by atoms with Crippen molar-refractivity contribution in [1.82, 2.24) is 10.2 Å². The zero-order chi connectivity index (χ0) is 12.1. The number of hydrogen-bond donors (Lipinski definition) is 2. The molecule has 0 radical (unpaired) electrons. The van der Waals surface area contributed by atoms with E-state index in [1.54, 1.807) is 0 Å². The Balaban J connectivity index is 1.72. The van der Waals surface area contributed by atoms with Gasteiger partial charge in [-0.1, -0.05) is 12.8 Å². The van der Waals surface area contributed by atoms with E-state index in [0.717, 1.165) is 38.8 Å². The van der Waals surface area contributed by atoms with Crippen LogP contribution in [0.5, 0.6) is 0 Å². The van der Waals surface area contributed by atoms with Gasteiger partial charge in [-0.2, -0.15) is 0 Å². The minimum Gasteiger partial charge on any atom is -0.391 e. The van der Waals surface area contributed by atoms with E-state index < -0.39 is 0 Å². The average molecular weight is 242 g/mol. The second kappa shape index (κ2) is 6.33. The van der Waals surface area contributed by atoms with Crippen LogP contribution >= 0.6 is 0 Å². The van der Waals surface area contributed by atoms with Gasteiger partial charge >= 0.3 is 0 Å². The third-order valence-corrected chi connectivity index (χ3v) is 3.55. The summed E-state index contributed by atoms with van der Waals surface area (Å²) in [5, 5.41) is 12.7. The van der Waals surface area contributed by atoms with E-state index >= 15 is 0 Å². The van der Waals surface area contributed by atoms with E-state index in [2.05, 4.69) is 10.2 Å². The highest BCUT2D eigenvalue weighted by molar-refractivity contribution is 5.78. The number of aliphatic hydroxyl groups excluding tert-OH is 1. The molecule has 98 valence electrons. The Hall–Kier alpha value is -0.650. The predicted octanol–water partition coefficient (Wildman–Crippen LogP) is -0.262. The lowest BCUT2D eigenvalue weighted by Gasteiger charge is -2.30. The lowest BCUT2D eigenvalue weighted by atomic mass is 9.92. The zero-order valence-corrected chi connectivity index (χ0v) is 10.2. The van der Waals surface area contributed by atoms with Crippen molar-refractivity contribution < 1.29 is 14.6 Å². The predicted molar refractivity (Wildman–Crippen MR) is 63.7 cm³/mol. The summed E-state index contributed by atoms with van der Waals surface area (Å²) < 4.78 is 5.23. The highest BCUT2D eigenvalue weighted by Crippen LogP contribution is 2.18. The first-order valence-electron chi connectivity index (χ1n) is 6.53. The van der Waals surface area contributed by atoms with Crippen LogP contribution in [0.2, 0.25) is 0 Å². The van der Waals surface area contributed by atoms with Gasteiger partial charge in [0.2, 0.25) is 5.91 Å². The Morgan fingerprint density at radius 1 is 1.29 bits per heavy atom. The molecule has 2 aliphatic rings. The molecule has 5 heteroatoms. The van der Waals surface area contributed by atoms with Gasteiger partial charge in [-0.25, -0.2) is 0 Å². The summed E-state index contributed by atoms with van der Waals surface area (Å²) in [6, 6.07) is -0.0442. The topological polar surface area (TPSA) is 61.8 Å². The molecule has 2 N–H and O–H groups in total. The molecule has 0 aromatic carbocycles. The highest BCUT2D eigenvalue weighted by Gasteiger charge is 2.25. The average Bonchev–Trinajstić information content (AvgIpc) is 2.33. The molecule has 0 aromatic rings. The van der Waals surface area contributed by atoms with Gasteiger partial charge in [-0.3, -0.25) is 9.69 Å². The molecule has 0 aromatic heterocycles.